The van der Waals surface area contributed by atoms with E-state index in [0.29, 0.717) is 65.7 Å². The Morgan fingerprint density at radius 3 is 2.27 bits per heavy atom. The quantitative estimate of drug-likeness (QED) is 0.123. The number of aromatic carboxylic acids is 1. The number of carbonyl (C=O) groups is 2. The maximum Gasteiger partial charge on any atom is 0.352 e. The number of carbonyl (C=O) groups excluding carboxylic acids is 1. The number of anilines is 1. The second kappa shape index (κ2) is 14.9. The number of carboxylic acid groups (broad SMARTS) is 1. The van der Waals surface area contributed by atoms with Crippen LogP contribution in [0, 0.1) is 27.7 Å². The van der Waals surface area contributed by atoms with Crippen molar-refractivity contribution in [2.24, 2.45) is 14.1 Å². The lowest BCUT2D eigenvalue weighted by atomic mass is 9.98. The summed E-state index contributed by atoms with van der Waals surface area (Å²) < 4.78 is 23.1. The van der Waals surface area contributed by atoms with Gasteiger partial charge in [-0.25, -0.2) is 4.79 Å². The summed E-state index contributed by atoms with van der Waals surface area (Å²) in [5.74, 6) is -0.0162. The Bertz CT molecular complexity index is 2490. The van der Waals surface area contributed by atoms with Gasteiger partial charge in [-0.1, -0.05) is 29.3 Å². The van der Waals surface area contributed by atoms with E-state index in [1.165, 1.54) is 0 Å². The van der Waals surface area contributed by atoms with Gasteiger partial charge in [0.25, 0.3) is 5.91 Å². The highest BCUT2D eigenvalue weighted by Crippen LogP contribution is 2.46. The molecule has 0 unspecified atom stereocenters. The molecule has 4 heterocycles. The molecule has 13 heteroatoms. The van der Waals surface area contributed by atoms with Gasteiger partial charge in [0.1, 0.15) is 29.5 Å². The van der Waals surface area contributed by atoms with Gasteiger partial charge in [0.15, 0.2) is 0 Å². The standard InChI is InChI=1S/C42H45Cl2N5O6/c1-22-16-27(17-23(2)38(22)44)54-13-9-10-29-30-11-12-32(43)37(36-25(4)45-47(7)26(36)5)39(30)49-24(3)21-48(41(50)40(29)49)34-19-28(55-15-14-53-8)18-33-31(34)20-35(42(51)52)46(33)6/h11-12,16-20,24H,9-10,13-15,21H2,1-8H3,(H,51,52)/t24-/m1/s1. The summed E-state index contributed by atoms with van der Waals surface area (Å²) >= 11 is 13.5. The molecule has 3 aromatic carbocycles. The molecule has 6 aromatic rings. The maximum atomic E-state index is 15.3. The largest absolute Gasteiger partial charge is 0.494 e. The summed E-state index contributed by atoms with van der Waals surface area (Å²) in [6.07, 6.45) is 1.18. The molecular formula is C42H45Cl2N5O6. The molecule has 0 saturated heterocycles. The van der Waals surface area contributed by atoms with Crippen LogP contribution in [0.1, 0.15) is 68.4 Å². The highest BCUT2D eigenvalue weighted by Gasteiger charge is 2.38. The summed E-state index contributed by atoms with van der Waals surface area (Å²) in [6, 6.07) is 12.8. The van der Waals surface area contributed by atoms with Crippen molar-refractivity contribution < 1.29 is 28.9 Å². The van der Waals surface area contributed by atoms with Crippen LogP contribution in [0.15, 0.2) is 42.5 Å². The number of aromatic nitrogens is 4. The van der Waals surface area contributed by atoms with Crippen molar-refractivity contribution in [3.05, 3.63) is 92.0 Å². The summed E-state index contributed by atoms with van der Waals surface area (Å²) in [5, 5.41) is 17.7. The van der Waals surface area contributed by atoms with Crippen LogP contribution in [0.25, 0.3) is 32.9 Å². The lowest BCUT2D eigenvalue weighted by molar-refractivity contribution is 0.0686. The number of ether oxygens (including phenoxy) is 3. The molecule has 0 fully saturated rings. The Labute approximate surface area is 329 Å². The maximum absolute atomic E-state index is 15.3. The fourth-order valence-corrected chi connectivity index (χ4v) is 8.43. The van der Waals surface area contributed by atoms with Crippen LogP contribution in [0.2, 0.25) is 10.0 Å². The van der Waals surface area contributed by atoms with Gasteiger partial charge in [0.05, 0.1) is 40.7 Å². The monoisotopic (exact) mass is 785 g/mol. The molecule has 0 radical (unpaired) electrons. The third-order valence-electron chi connectivity index (χ3n) is 10.7. The predicted molar refractivity (Wildman–Crippen MR) is 217 cm³/mol. The molecule has 0 saturated carbocycles. The summed E-state index contributed by atoms with van der Waals surface area (Å²) in [7, 11) is 5.22. The number of carboxylic acids is 1. The van der Waals surface area contributed by atoms with E-state index in [0.717, 1.165) is 60.9 Å². The molecule has 1 N–H and O–H groups in total. The number of fused-ring (bicyclic) bond motifs is 4. The molecule has 11 nitrogen and oxygen atoms in total. The lowest BCUT2D eigenvalue weighted by Gasteiger charge is -2.35. The first-order valence-corrected chi connectivity index (χ1v) is 19.0. The molecule has 1 amide bonds. The van der Waals surface area contributed by atoms with Crippen molar-refractivity contribution in [3.8, 4) is 22.6 Å². The predicted octanol–water partition coefficient (Wildman–Crippen LogP) is 9.03. The van der Waals surface area contributed by atoms with Crippen LogP contribution in [0.3, 0.4) is 0 Å². The molecule has 1 atom stereocenters. The van der Waals surface area contributed by atoms with E-state index in [1.807, 2.05) is 69.8 Å². The van der Waals surface area contributed by atoms with Gasteiger partial charge in [0, 0.05) is 78.5 Å². The zero-order valence-electron chi connectivity index (χ0n) is 32.3. The number of nitrogens with zero attached hydrogens (tertiary/aromatic N) is 5. The number of halogens is 2. The van der Waals surface area contributed by atoms with Crippen LogP contribution in [0.4, 0.5) is 5.69 Å². The first-order chi connectivity index (χ1) is 26.2. The Balaban J connectivity index is 1.39. The SMILES string of the molecule is COCCOc1cc(N2C[C@@H](C)n3c(c(CCCOc4cc(C)c(Cl)c(C)c4)c4ccc(Cl)c(-c5c(C)nn(C)c5C)c43)C2=O)c2cc(C(=O)O)n(C)c2c1. The van der Waals surface area contributed by atoms with Crippen molar-refractivity contribution in [1.29, 1.82) is 0 Å². The topological polar surface area (TPSA) is 113 Å². The van der Waals surface area contributed by atoms with Crippen LogP contribution in [0.5, 0.6) is 11.5 Å². The molecule has 0 bridgehead atoms. The van der Waals surface area contributed by atoms with Gasteiger partial charge in [-0.15, -0.1) is 0 Å². The number of hydrogen-bond donors (Lipinski definition) is 1. The van der Waals surface area contributed by atoms with Gasteiger partial charge in [-0.2, -0.15) is 5.10 Å². The molecule has 0 aliphatic carbocycles. The minimum atomic E-state index is -1.07. The van der Waals surface area contributed by atoms with E-state index in [2.05, 4.69) is 11.5 Å². The fraction of sp³-hybridized carbons (Fsp3) is 0.357. The van der Waals surface area contributed by atoms with Gasteiger partial charge in [-0.05, 0) is 88.4 Å². The highest BCUT2D eigenvalue weighted by atomic mass is 35.5. The Hall–Kier alpha value is -4.97. The first kappa shape index (κ1) is 38.3. The molecule has 0 spiro atoms. The molecule has 1 aliphatic heterocycles. The summed E-state index contributed by atoms with van der Waals surface area (Å²) in [4.78, 5) is 29.3. The van der Waals surface area contributed by atoms with Gasteiger partial charge in [-0.3, -0.25) is 9.48 Å². The minimum Gasteiger partial charge on any atom is -0.494 e. The van der Waals surface area contributed by atoms with E-state index >= 15 is 4.79 Å². The number of hydrogen-bond acceptors (Lipinski definition) is 6. The van der Waals surface area contributed by atoms with E-state index in [4.69, 9.17) is 42.5 Å². The molecule has 7 rings (SSSR count). The van der Waals surface area contributed by atoms with Crippen molar-refractivity contribution in [3.63, 3.8) is 0 Å². The van der Waals surface area contributed by atoms with Crippen molar-refractivity contribution in [2.45, 2.75) is 53.5 Å². The Kier molecular flexibility index (Phi) is 10.4. The van der Waals surface area contributed by atoms with Crippen molar-refractivity contribution in [1.82, 2.24) is 18.9 Å². The second-order valence-corrected chi connectivity index (χ2v) is 15.2. The third-order valence-corrected chi connectivity index (χ3v) is 11.7. The van der Waals surface area contributed by atoms with E-state index in [1.54, 1.807) is 35.8 Å². The summed E-state index contributed by atoms with van der Waals surface area (Å²) in [5.41, 5.74) is 9.14. The van der Waals surface area contributed by atoms with E-state index in [-0.39, 0.29) is 24.2 Å². The number of rotatable bonds is 12. The third kappa shape index (κ3) is 6.62. The van der Waals surface area contributed by atoms with Crippen molar-refractivity contribution >= 4 is 62.6 Å². The van der Waals surface area contributed by atoms with E-state index in [9.17, 15) is 9.90 Å². The number of benzene rings is 3. The zero-order valence-corrected chi connectivity index (χ0v) is 33.9. The lowest BCUT2D eigenvalue weighted by Crippen LogP contribution is -2.42. The van der Waals surface area contributed by atoms with Gasteiger partial charge >= 0.3 is 5.97 Å². The zero-order chi connectivity index (χ0) is 39.5. The molecule has 3 aromatic heterocycles. The Morgan fingerprint density at radius 2 is 1.62 bits per heavy atom. The van der Waals surface area contributed by atoms with Gasteiger partial charge in [0.2, 0.25) is 0 Å². The number of methoxy groups -OCH3 is 1. The smallest absolute Gasteiger partial charge is 0.352 e. The molecular weight excluding hydrogens is 741 g/mol. The van der Waals surface area contributed by atoms with Crippen LogP contribution in [-0.4, -0.2) is 69.4 Å². The van der Waals surface area contributed by atoms with Crippen LogP contribution < -0.4 is 14.4 Å². The fourth-order valence-electron chi connectivity index (χ4n) is 8.08. The molecule has 288 valence electrons. The van der Waals surface area contributed by atoms with Crippen LogP contribution >= 0.6 is 23.2 Å². The average molecular weight is 787 g/mol. The molecule has 1 aliphatic rings. The molecule has 55 heavy (non-hydrogen) atoms. The normalized spacial score (nSPS) is 14.3. The number of aryl methyl sites for hydroxylation is 6. The second-order valence-electron chi connectivity index (χ2n) is 14.4. The average Bonchev–Trinajstić information content (AvgIpc) is 3.75. The first-order valence-electron chi connectivity index (χ1n) is 18.3. The number of amides is 1. The van der Waals surface area contributed by atoms with E-state index < -0.39 is 5.97 Å². The Morgan fingerprint density at radius 1 is 0.927 bits per heavy atom. The van der Waals surface area contributed by atoms with Crippen molar-refractivity contribution in [2.75, 3.05) is 38.4 Å². The van der Waals surface area contributed by atoms with Crippen LogP contribution in [-0.2, 0) is 25.3 Å². The highest BCUT2D eigenvalue weighted by molar-refractivity contribution is 6.35. The minimum absolute atomic E-state index is 0.102. The summed E-state index contributed by atoms with van der Waals surface area (Å²) in [6.45, 7) is 11.4. The van der Waals surface area contributed by atoms with Gasteiger partial charge < -0.3 is 33.4 Å².